The van der Waals surface area contributed by atoms with Crippen molar-refractivity contribution in [2.75, 3.05) is 6.26 Å². The van der Waals surface area contributed by atoms with Gasteiger partial charge >= 0.3 is 0 Å². The zero-order valence-electron chi connectivity index (χ0n) is 7.42. The van der Waals surface area contributed by atoms with Crippen LogP contribution < -0.4 is 0 Å². The first-order valence-electron chi connectivity index (χ1n) is 4.04. The number of aryl methyl sites for hydroxylation is 1. The second-order valence-corrected chi connectivity index (χ2v) is 3.95. The van der Waals surface area contributed by atoms with E-state index in [9.17, 15) is 4.79 Å². The maximum absolute atomic E-state index is 10.2. The molecule has 13 heavy (non-hydrogen) atoms. The van der Waals surface area contributed by atoms with Crippen molar-refractivity contribution in [2.45, 2.75) is 17.7 Å². The highest BCUT2D eigenvalue weighted by Crippen LogP contribution is 2.24. The third-order valence-electron chi connectivity index (χ3n) is 1.77. The van der Waals surface area contributed by atoms with Crippen molar-refractivity contribution in [3.8, 4) is 0 Å². The number of aldehydes is 1. The number of hydrogen-bond donors (Lipinski definition) is 0. The van der Waals surface area contributed by atoms with E-state index in [1.54, 1.807) is 11.8 Å². The molecule has 0 fully saturated rings. The fraction of sp³-hybridized carbons (Fsp3) is 0.300. The van der Waals surface area contributed by atoms with Crippen LogP contribution in [-0.2, 0) is 11.2 Å². The minimum absolute atomic E-state index is 0.563. The zero-order valence-corrected chi connectivity index (χ0v) is 8.99. The van der Waals surface area contributed by atoms with E-state index in [2.05, 4.69) is 0 Å². The van der Waals surface area contributed by atoms with Crippen LogP contribution in [0.25, 0.3) is 0 Å². The Bertz CT molecular complexity index is 299. The summed E-state index contributed by atoms with van der Waals surface area (Å²) < 4.78 is 0. The van der Waals surface area contributed by atoms with Crippen molar-refractivity contribution in [2.24, 2.45) is 0 Å². The van der Waals surface area contributed by atoms with Gasteiger partial charge in [-0.3, -0.25) is 0 Å². The van der Waals surface area contributed by atoms with E-state index in [0.717, 1.165) is 23.3 Å². The SMILES string of the molecule is CSc1ccc(Cl)cc1CCC=O. The molecule has 0 bridgehead atoms. The number of carbonyl (C=O) groups excluding carboxylic acids is 1. The molecule has 0 aromatic heterocycles. The average Bonchev–Trinajstić information content (AvgIpc) is 2.15. The predicted octanol–water partition coefficient (Wildman–Crippen LogP) is 3.19. The summed E-state index contributed by atoms with van der Waals surface area (Å²) in [4.78, 5) is 11.4. The van der Waals surface area contributed by atoms with Crippen molar-refractivity contribution in [3.05, 3.63) is 28.8 Å². The Kier molecular flexibility index (Phi) is 4.33. The number of hydrogen-bond acceptors (Lipinski definition) is 2. The lowest BCUT2D eigenvalue weighted by Crippen LogP contribution is -1.89. The van der Waals surface area contributed by atoms with Gasteiger partial charge in [-0.15, -0.1) is 11.8 Å². The highest BCUT2D eigenvalue weighted by Gasteiger charge is 2.01. The van der Waals surface area contributed by atoms with Crippen LogP contribution in [0.5, 0.6) is 0 Å². The van der Waals surface area contributed by atoms with Crippen LogP contribution >= 0.6 is 23.4 Å². The number of rotatable bonds is 4. The van der Waals surface area contributed by atoms with Gasteiger partial charge in [-0.2, -0.15) is 0 Å². The number of benzene rings is 1. The lowest BCUT2D eigenvalue weighted by molar-refractivity contribution is -0.107. The summed E-state index contributed by atoms with van der Waals surface area (Å²) in [6.45, 7) is 0. The van der Waals surface area contributed by atoms with Gasteiger partial charge in [-0.1, -0.05) is 11.6 Å². The first kappa shape index (κ1) is 10.6. The average molecular weight is 215 g/mol. The molecule has 0 amide bonds. The Hall–Kier alpha value is -0.470. The molecule has 0 atom stereocenters. The van der Waals surface area contributed by atoms with Crippen molar-refractivity contribution in [1.82, 2.24) is 0 Å². The Balaban J connectivity index is 2.87. The van der Waals surface area contributed by atoms with Crippen molar-refractivity contribution in [3.63, 3.8) is 0 Å². The normalized spacial score (nSPS) is 10.0. The lowest BCUT2D eigenvalue weighted by atomic mass is 10.1. The van der Waals surface area contributed by atoms with Gasteiger partial charge in [0.2, 0.25) is 0 Å². The molecular weight excluding hydrogens is 204 g/mol. The van der Waals surface area contributed by atoms with Gasteiger partial charge in [0.25, 0.3) is 0 Å². The monoisotopic (exact) mass is 214 g/mol. The molecule has 0 N–H and O–H groups in total. The maximum atomic E-state index is 10.2. The largest absolute Gasteiger partial charge is 0.303 e. The topological polar surface area (TPSA) is 17.1 Å². The van der Waals surface area contributed by atoms with E-state index < -0.39 is 0 Å². The fourth-order valence-electron chi connectivity index (χ4n) is 1.16. The number of thioether (sulfide) groups is 1. The summed E-state index contributed by atoms with van der Waals surface area (Å²) >= 11 is 7.54. The molecule has 0 heterocycles. The molecule has 1 aromatic rings. The summed E-state index contributed by atoms with van der Waals surface area (Å²) in [5.41, 5.74) is 1.16. The maximum Gasteiger partial charge on any atom is 0.120 e. The Morgan fingerprint density at radius 1 is 1.54 bits per heavy atom. The van der Waals surface area contributed by atoms with Gasteiger partial charge in [-0.25, -0.2) is 0 Å². The van der Waals surface area contributed by atoms with E-state index in [0.29, 0.717) is 6.42 Å². The molecule has 0 radical (unpaired) electrons. The van der Waals surface area contributed by atoms with Gasteiger partial charge in [0, 0.05) is 16.3 Å². The van der Waals surface area contributed by atoms with Crippen LogP contribution in [0.15, 0.2) is 23.1 Å². The molecule has 0 spiro atoms. The smallest absolute Gasteiger partial charge is 0.120 e. The van der Waals surface area contributed by atoms with E-state index in [4.69, 9.17) is 11.6 Å². The van der Waals surface area contributed by atoms with Gasteiger partial charge in [0.05, 0.1) is 0 Å². The second-order valence-electron chi connectivity index (χ2n) is 2.66. The van der Waals surface area contributed by atoms with Gasteiger partial charge in [-0.05, 0) is 36.4 Å². The van der Waals surface area contributed by atoms with E-state index >= 15 is 0 Å². The molecule has 0 aliphatic rings. The third-order valence-corrected chi connectivity index (χ3v) is 2.85. The Labute approximate surface area is 87.5 Å². The Morgan fingerprint density at radius 3 is 2.92 bits per heavy atom. The van der Waals surface area contributed by atoms with E-state index in [-0.39, 0.29) is 0 Å². The van der Waals surface area contributed by atoms with Crippen LogP contribution in [-0.4, -0.2) is 12.5 Å². The van der Waals surface area contributed by atoms with Crippen LogP contribution in [0.1, 0.15) is 12.0 Å². The van der Waals surface area contributed by atoms with Crippen molar-refractivity contribution < 1.29 is 4.79 Å². The second kappa shape index (κ2) is 5.30. The van der Waals surface area contributed by atoms with E-state index in [1.807, 2.05) is 24.5 Å². The summed E-state index contributed by atoms with van der Waals surface area (Å²) in [7, 11) is 0. The molecule has 1 nitrogen and oxygen atoms in total. The first-order chi connectivity index (χ1) is 6.27. The summed E-state index contributed by atoms with van der Waals surface area (Å²) in [5, 5.41) is 0.735. The fourth-order valence-corrected chi connectivity index (χ4v) is 1.98. The lowest BCUT2D eigenvalue weighted by Gasteiger charge is -2.05. The van der Waals surface area contributed by atoms with Crippen LogP contribution in [0, 0.1) is 0 Å². The summed E-state index contributed by atoms with van der Waals surface area (Å²) in [5.74, 6) is 0. The minimum atomic E-state index is 0.563. The molecule has 0 unspecified atom stereocenters. The molecule has 0 aliphatic carbocycles. The van der Waals surface area contributed by atoms with Crippen LogP contribution in [0.3, 0.4) is 0 Å². The van der Waals surface area contributed by atoms with Crippen molar-refractivity contribution in [1.29, 1.82) is 0 Å². The van der Waals surface area contributed by atoms with Crippen molar-refractivity contribution >= 4 is 29.6 Å². The highest BCUT2D eigenvalue weighted by atomic mass is 35.5. The molecule has 0 aliphatic heterocycles. The first-order valence-corrected chi connectivity index (χ1v) is 5.64. The van der Waals surface area contributed by atoms with Gasteiger partial charge in [0.1, 0.15) is 6.29 Å². The molecule has 1 aromatic carbocycles. The third kappa shape index (κ3) is 3.05. The molecule has 0 saturated carbocycles. The summed E-state index contributed by atoms with van der Waals surface area (Å²) in [6.07, 6.45) is 4.30. The standard InChI is InChI=1S/C10H11ClOS/c1-13-10-5-4-9(11)7-8(10)3-2-6-12/h4-7H,2-3H2,1H3. The quantitative estimate of drug-likeness (QED) is 0.566. The number of halogens is 1. The Morgan fingerprint density at radius 2 is 2.31 bits per heavy atom. The molecule has 1 rings (SSSR count). The summed E-state index contributed by atoms with van der Waals surface area (Å²) in [6, 6.07) is 5.79. The predicted molar refractivity (Wildman–Crippen MR) is 57.6 cm³/mol. The zero-order chi connectivity index (χ0) is 9.68. The van der Waals surface area contributed by atoms with E-state index in [1.165, 1.54) is 4.90 Å². The molecule has 0 saturated heterocycles. The highest BCUT2D eigenvalue weighted by molar-refractivity contribution is 7.98. The molecule has 3 heteroatoms. The van der Waals surface area contributed by atoms with Crippen LogP contribution in [0.4, 0.5) is 0 Å². The number of carbonyl (C=O) groups is 1. The van der Waals surface area contributed by atoms with Gasteiger partial charge < -0.3 is 4.79 Å². The molecular formula is C10H11ClOS. The molecule has 70 valence electrons. The van der Waals surface area contributed by atoms with Gasteiger partial charge in [0.15, 0.2) is 0 Å². The van der Waals surface area contributed by atoms with Crippen LogP contribution in [0.2, 0.25) is 5.02 Å². The minimum Gasteiger partial charge on any atom is -0.303 e.